The lowest BCUT2D eigenvalue weighted by atomic mass is 10.1. The van der Waals surface area contributed by atoms with Crippen LogP contribution in [0.25, 0.3) is 0 Å². The summed E-state index contributed by atoms with van der Waals surface area (Å²) < 4.78 is 75.0. The molecule has 1 aliphatic rings. The van der Waals surface area contributed by atoms with Crippen molar-refractivity contribution >= 4 is 11.7 Å². The molecule has 21 heavy (non-hydrogen) atoms. The summed E-state index contributed by atoms with van der Waals surface area (Å²) in [6.07, 6.45) is -9.45. The van der Waals surface area contributed by atoms with Crippen molar-refractivity contribution in [3.63, 3.8) is 0 Å². The van der Waals surface area contributed by atoms with E-state index in [1.807, 2.05) is 0 Å². The second-order valence-corrected chi connectivity index (χ2v) is 4.74. The average Bonchev–Trinajstić information content (AvgIpc) is 3.06. The molecule has 116 valence electrons. The molecule has 2 atom stereocenters. The lowest BCUT2D eigenvalue weighted by Gasteiger charge is -2.13. The Hall–Kier alpha value is -1.93. The first-order valence-corrected chi connectivity index (χ1v) is 5.77. The van der Waals surface area contributed by atoms with Crippen molar-refractivity contribution < 1.29 is 36.2 Å². The third kappa shape index (κ3) is 3.59. The van der Waals surface area contributed by atoms with Crippen molar-refractivity contribution in [2.75, 3.05) is 5.32 Å². The number of hydrogen-bond acceptors (Lipinski definition) is 2. The van der Waals surface area contributed by atoms with Gasteiger partial charge in [0.15, 0.2) is 0 Å². The maximum absolute atomic E-state index is 12.6. The van der Waals surface area contributed by atoms with E-state index in [9.17, 15) is 31.1 Å². The van der Waals surface area contributed by atoms with E-state index in [2.05, 4.69) is 5.32 Å². The molecular formula is C12H9F6NO2. The predicted molar refractivity (Wildman–Crippen MR) is 60.0 cm³/mol. The molecule has 0 radical (unpaired) electrons. The predicted octanol–water partition coefficient (Wildman–Crippen LogP) is 3.77. The van der Waals surface area contributed by atoms with Crippen LogP contribution < -0.4 is 5.32 Å². The number of hydrogen-bond donors (Lipinski definition) is 2. The molecule has 2 unspecified atom stereocenters. The van der Waals surface area contributed by atoms with Crippen molar-refractivity contribution in [2.24, 2.45) is 5.92 Å². The van der Waals surface area contributed by atoms with Gasteiger partial charge in [-0.05, 0) is 24.6 Å². The Morgan fingerprint density at radius 2 is 1.76 bits per heavy atom. The molecule has 0 aliphatic heterocycles. The van der Waals surface area contributed by atoms with E-state index < -0.39 is 41.4 Å². The smallest absolute Gasteiger partial charge is 0.416 e. The monoisotopic (exact) mass is 313 g/mol. The highest BCUT2D eigenvalue weighted by atomic mass is 19.4. The highest BCUT2D eigenvalue weighted by Crippen LogP contribution is 2.46. The number of carboxylic acid groups (broad SMARTS) is 1. The Balaban J connectivity index is 2.24. The molecule has 0 heterocycles. The summed E-state index contributed by atoms with van der Waals surface area (Å²) >= 11 is 0. The van der Waals surface area contributed by atoms with E-state index in [0.29, 0.717) is 12.1 Å². The van der Waals surface area contributed by atoms with Gasteiger partial charge in [-0.2, -0.15) is 26.3 Å². The summed E-state index contributed by atoms with van der Waals surface area (Å²) in [6.45, 7) is 0. The van der Waals surface area contributed by atoms with Gasteiger partial charge in [0.05, 0.1) is 17.0 Å². The minimum Gasteiger partial charge on any atom is -0.478 e. The molecule has 2 N–H and O–H groups in total. The summed E-state index contributed by atoms with van der Waals surface area (Å²) in [5.41, 5.74) is -2.16. The van der Waals surface area contributed by atoms with Gasteiger partial charge in [0.1, 0.15) is 0 Å². The van der Waals surface area contributed by atoms with Gasteiger partial charge in [-0.3, -0.25) is 0 Å². The number of rotatable bonds is 3. The minimum absolute atomic E-state index is 0.248. The minimum atomic E-state index is -4.78. The van der Waals surface area contributed by atoms with Crippen molar-refractivity contribution in [3.05, 3.63) is 29.3 Å². The lowest BCUT2D eigenvalue weighted by Crippen LogP contribution is -2.18. The summed E-state index contributed by atoms with van der Waals surface area (Å²) in [5.74, 6) is -3.22. The van der Waals surface area contributed by atoms with Crippen LogP contribution >= 0.6 is 0 Å². The fourth-order valence-electron chi connectivity index (χ4n) is 1.93. The number of aromatic carboxylic acids is 1. The Morgan fingerprint density at radius 3 is 2.19 bits per heavy atom. The number of anilines is 1. The zero-order valence-corrected chi connectivity index (χ0v) is 10.2. The second-order valence-electron chi connectivity index (χ2n) is 4.74. The van der Waals surface area contributed by atoms with E-state index in [0.717, 1.165) is 6.07 Å². The van der Waals surface area contributed by atoms with Crippen LogP contribution in [0.2, 0.25) is 0 Å². The molecule has 9 heteroatoms. The number of carbonyl (C=O) groups is 1. The summed E-state index contributed by atoms with van der Waals surface area (Å²) in [6, 6.07) is 0.874. The first-order chi connectivity index (χ1) is 9.48. The number of halogens is 6. The Morgan fingerprint density at radius 1 is 1.14 bits per heavy atom. The Kier molecular flexibility index (Phi) is 3.54. The average molecular weight is 313 g/mol. The van der Waals surface area contributed by atoms with Crippen LogP contribution in [0, 0.1) is 5.92 Å². The van der Waals surface area contributed by atoms with E-state index in [1.165, 1.54) is 0 Å². The van der Waals surface area contributed by atoms with Crippen LogP contribution in [0.5, 0.6) is 0 Å². The Bertz CT molecular complexity index is 566. The summed E-state index contributed by atoms with van der Waals surface area (Å²) in [4.78, 5) is 10.8. The van der Waals surface area contributed by atoms with Gasteiger partial charge >= 0.3 is 18.3 Å². The van der Waals surface area contributed by atoms with Crippen LogP contribution in [-0.4, -0.2) is 23.3 Å². The van der Waals surface area contributed by atoms with Gasteiger partial charge in [-0.15, -0.1) is 0 Å². The quantitative estimate of drug-likeness (QED) is 0.835. The van der Waals surface area contributed by atoms with Crippen LogP contribution in [-0.2, 0) is 6.18 Å². The zero-order chi connectivity index (χ0) is 16.0. The van der Waals surface area contributed by atoms with Gasteiger partial charge in [0, 0.05) is 11.7 Å². The number of carboxylic acids is 1. The van der Waals surface area contributed by atoms with Crippen LogP contribution in [0.3, 0.4) is 0 Å². The van der Waals surface area contributed by atoms with E-state index >= 15 is 0 Å². The standard InChI is InChI=1S/C12H9F6NO2/c13-11(14,15)6-1-5(10(20)21)2-7(3-6)19-9-4-8(9)12(16,17)18/h1-3,8-9,19H,4H2,(H,20,21). The van der Waals surface area contributed by atoms with Crippen LogP contribution in [0.4, 0.5) is 32.0 Å². The molecular weight excluding hydrogens is 304 g/mol. The first-order valence-electron chi connectivity index (χ1n) is 5.77. The normalized spacial score (nSPS) is 22.0. The Labute approximate surface area is 114 Å². The SMILES string of the molecule is O=C(O)c1cc(NC2CC2C(F)(F)F)cc(C(F)(F)F)c1. The van der Waals surface area contributed by atoms with Crippen molar-refractivity contribution in [1.29, 1.82) is 0 Å². The molecule has 2 rings (SSSR count). The van der Waals surface area contributed by atoms with Gasteiger partial charge in [-0.25, -0.2) is 4.79 Å². The second kappa shape index (κ2) is 4.81. The third-order valence-corrected chi connectivity index (χ3v) is 3.07. The maximum atomic E-state index is 12.6. The van der Waals surface area contributed by atoms with E-state index in [-0.39, 0.29) is 12.1 Å². The number of nitrogens with one attached hydrogen (secondary N) is 1. The van der Waals surface area contributed by atoms with Gasteiger partial charge < -0.3 is 10.4 Å². The van der Waals surface area contributed by atoms with Crippen molar-refractivity contribution in [1.82, 2.24) is 0 Å². The largest absolute Gasteiger partial charge is 0.478 e. The molecule has 0 bridgehead atoms. The molecule has 0 amide bonds. The van der Waals surface area contributed by atoms with Crippen molar-refractivity contribution in [3.8, 4) is 0 Å². The molecule has 1 aromatic carbocycles. The van der Waals surface area contributed by atoms with E-state index in [4.69, 9.17) is 5.11 Å². The lowest BCUT2D eigenvalue weighted by molar-refractivity contribution is -0.148. The molecule has 1 saturated carbocycles. The number of benzene rings is 1. The third-order valence-electron chi connectivity index (χ3n) is 3.07. The maximum Gasteiger partial charge on any atom is 0.416 e. The van der Waals surface area contributed by atoms with Gasteiger partial charge in [0.2, 0.25) is 0 Å². The molecule has 1 aromatic rings. The molecule has 1 aliphatic carbocycles. The molecule has 0 spiro atoms. The topological polar surface area (TPSA) is 49.3 Å². The van der Waals surface area contributed by atoms with E-state index in [1.54, 1.807) is 0 Å². The molecule has 1 fully saturated rings. The first kappa shape index (κ1) is 15.5. The van der Waals surface area contributed by atoms with Crippen molar-refractivity contribution in [2.45, 2.75) is 24.8 Å². The summed E-state index contributed by atoms with van der Waals surface area (Å²) in [7, 11) is 0. The van der Waals surface area contributed by atoms with Crippen LogP contribution in [0.1, 0.15) is 22.3 Å². The highest BCUT2D eigenvalue weighted by Gasteiger charge is 2.55. The zero-order valence-electron chi connectivity index (χ0n) is 10.2. The van der Waals surface area contributed by atoms with Gasteiger partial charge in [-0.1, -0.05) is 0 Å². The highest BCUT2D eigenvalue weighted by molar-refractivity contribution is 5.89. The van der Waals surface area contributed by atoms with Crippen LogP contribution in [0.15, 0.2) is 18.2 Å². The number of alkyl halides is 6. The van der Waals surface area contributed by atoms with Gasteiger partial charge in [0.25, 0.3) is 0 Å². The summed E-state index contributed by atoms with van der Waals surface area (Å²) in [5, 5.41) is 11.1. The molecule has 3 nitrogen and oxygen atoms in total. The molecule has 0 aromatic heterocycles. The fourth-order valence-corrected chi connectivity index (χ4v) is 1.93. The fraction of sp³-hybridized carbons (Fsp3) is 0.417. The molecule has 0 saturated heterocycles.